The van der Waals surface area contributed by atoms with Crippen LogP contribution in [0.25, 0.3) is 22.2 Å². The van der Waals surface area contributed by atoms with E-state index in [1.165, 1.54) is 12.1 Å². The Kier molecular flexibility index (Phi) is 5.01. The Labute approximate surface area is 168 Å². The zero-order valence-electron chi connectivity index (χ0n) is 15.3. The summed E-state index contributed by atoms with van der Waals surface area (Å²) < 4.78 is 40.5. The van der Waals surface area contributed by atoms with E-state index in [-0.39, 0.29) is 5.75 Å². The van der Waals surface area contributed by atoms with Gasteiger partial charge < -0.3 is 20.4 Å². The molecule has 0 saturated carbocycles. The van der Waals surface area contributed by atoms with Gasteiger partial charge in [0.25, 0.3) is 0 Å². The number of ether oxygens (including phenoxy) is 1. The van der Waals surface area contributed by atoms with Crippen molar-refractivity contribution in [1.82, 2.24) is 9.97 Å². The second kappa shape index (κ2) is 7.78. The minimum Gasteiger partial charge on any atom is -0.406 e. The molecule has 2 heterocycles. The molecule has 0 unspecified atom stereocenters. The molecular weight excluding hydrogens is 397 g/mol. The Bertz CT molecular complexity index is 1190. The number of pyridine rings is 1. The summed E-state index contributed by atoms with van der Waals surface area (Å²) in [6.45, 7) is 0. The van der Waals surface area contributed by atoms with Gasteiger partial charge in [-0.05, 0) is 42.5 Å². The van der Waals surface area contributed by atoms with Gasteiger partial charge in [-0.25, -0.2) is 4.79 Å². The van der Waals surface area contributed by atoms with Gasteiger partial charge in [-0.15, -0.1) is 13.2 Å². The number of anilines is 2. The summed E-state index contributed by atoms with van der Waals surface area (Å²) in [4.78, 5) is 20.0. The fourth-order valence-electron chi connectivity index (χ4n) is 3.01. The molecule has 3 N–H and O–H groups in total. The number of H-pyrrole nitrogens is 1. The predicted molar refractivity (Wildman–Crippen MR) is 107 cm³/mol. The average molecular weight is 412 g/mol. The van der Waals surface area contributed by atoms with E-state index < -0.39 is 12.4 Å². The molecule has 4 aromatic rings. The molecule has 30 heavy (non-hydrogen) atoms. The second-order valence-corrected chi connectivity index (χ2v) is 6.30. The molecule has 0 bridgehead atoms. The monoisotopic (exact) mass is 412 g/mol. The van der Waals surface area contributed by atoms with E-state index in [1.807, 2.05) is 30.5 Å². The molecule has 9 heteroatoms. The van der Waals surface area contributed by atoms with Crippen LogP contribution in [0.15, 0.2) is 73.1 Å². The van der Waals surface area contributed by atoms with E-state index in [0.717, 1.165) is 28.6 Å². The lowest BCUT2D eigenvalue weighted by Gasteiger charge is -2.12. The lowest BCUT2D eigenvalue weighted by molar-refractivity contribution is -0.274. The van der Waals surface area contributed by atoms with Crippen LogP contribution >= 0.6 is 0 Å². The van der Waals surface area contributed by atoms with Crippen LogP contribution in [-0.4, -0.2) is 22.4 Å². The number of halogens is 3. The maximum Gasteiger partial charge on any atom is 0.573 e. The number of rotatable bonds is 4. The zero-order valence-corrected chi connectivity index (χ0v) is 15.3. The molecule has 0 aliphatic rings. The molecule has 2 amide bonds. The Hall–Kier alpha value is -4.01. The Balaban J connectivity index is 1.51. The SMILES string of the molecule is O=C(Nc1ccc(OC(F)(F)F)cc1)Nc1cccnc1-c1c[nH]c2ccccc12. The molecule has 0 spiro atoms. The fourth-order valence-corrected chi connectivity index (χ4v) is 3.01. The zero-order chi connectivity index (χ0) is 21.1. The molecule has 0 radical (unpaired) electrons. The van der Waals surface area contributed by atoms with Gasteiger partial charge in [0.1, 0.15) is 5.75 Å². The van der Waals surface area contributed by atoms with Crippen LogP contribution in [0.2, 0.25) is 0 Å². The molecule has 2 aromatic carbocycles. The molecule has 152 valence electrons. The van der Waals surface area contributed by atoms with Crippen LogP contribution in [-0.2, 0) is 0 Å². The van der Waals surface area contributed by atoms with Gasteiger partial charge in [0, 0.05) is 34.5 Å². The number of aromatic amines is 1. The summed E-state index contributed by atoms with van der Waals surface area (Å²) in [6, 6.07) is 15.4. The van der Waals surface area contributed by atoms with Crippen molar-refractivity contribution in [1.29, 1.82) is 0 Å². The third kappa shape index (κ3) is 4.35. The first-order valence-corrected chi connectivity index (χ1v) is 8.84. The van der Waals surface area contributed by atoms with Crippen LogP contribution in [0.1, 0.15) is 0 Å². The van der Waals surface area contributed by atoms with Gasteiger partial charge in [0.2, 0.25) is 0 Å². The number of nitrogens with one attached hydrogen (secondary N) is 3. The van der Waals surface area contributed by atoms with Crippen molar-refractivity contribution >= 4 is 28.3 Å². The van der Waals surface area contributed by atoms with Gasteiger partial charge in [-0.3, -0.25) is 4.98 Å². The normalized spacial score (nSPS) is 11.3. The molecule has 0 atom stereocenters. The number of hydrogen-bond acceptors (Lipinski definition) is 3. The highest BCUT2D eigenvalue weighted by molar-refractivity contribution is 6.04. The van der Waals surface area contributed by atoms with Crippen molar-refractivity contribution in [3.63, 3.8) is 0 Å². The van der Waals surface area contributed by atoms with E-state index in [0.29, 0.717) is 17.1 Å². The number of alkyl halides is 3. The third-order valence-electron chi connectivity index (χ3n) is 4.25. The van der Waals surface area contributed by atoms with Gasteiger partial charge in [0.15, 0.2) is 0 Å². The molecule has 0 fully saturated rings. The topological polar surface area (TPSA) is 79.0 Å². The van der Waals surface area contributed by atoms with E-state index >= 15 is 0 Å². The van der Waals surface area contributed by atoms with E-state index in [1.54, 1.807) is 18.3 Å². The summed E-state index contributed by atoms with van der Waals surface area (Å²) in [5, 5.41) is 6.25. The largest absolute Gasteiger partial charge is 0.573 e. The van der Waals surface area contributed by atoms with Crippen molar-refractivity contribution in [3.8, 4) is 17.0 Å². The number of benzene rings is 2. The van der Waals surface area contributed by atoms with Crippen molar-refractivity contribution in [2.24, 2.45) is 0 Å². The van der Waals surface area contributed by atoms with Crippen LogP contribution in [0.4, 0.5) is 29.3 Å². The first-order valence-electron chi connectivity index (χ1n) is 8.84. The average Bonchev–Trinajstić information content (AvgIpc) is 3.13. The minimum atomic E-state index is -4.77. The van der Waals surface area contributed by atoms with Crippen LogP contribution in [0.3, 0.4) is 0 Å². The molecule has 4 rings (SSSR count). The highest BCUT2D eigenvalue weighted by Gasteiger charge is 2.31. The number of para-hydroxylation sites is 1. The Morgan fingerprint density at radius 2 is 1.73 bits per heavy atom. The maximum absolute atomic E-state index is 12.4. The molecular formula is C21H15F3N4O2. The number of aromatic nitrogens is 2. The molecule has 0 aliphatic heterocycles. The highest BCUT2D eigenvalue weighted by Crippen LogP contribution is 2.32. The molecule has 2 aromatic heterocycles. The fraction of sp³-hybridized carbons (Fsp3) is 0.0476. The number of urea groups is 1. The lowest BCUT2D eigenvalue weighted by atomic mass is 10.1. The first-order chi connectivity index (χ1) is 14.4. The molecule has 6 nitrogen and oxygen atoms in total. The summed E-state index contributed by atoms with van der Waals surface area (Å²) in [5.41, 5.74) is 3.14. The quantitative estimate of drug-likeness (QED) is 0.398. The smallest absolute Gasteiger partial charge is 0.406 e. The van der Waals surface area contributed by atoms with Crippen molar-refractivity contribution in [2.75, 3.05) is 10.6 Å². The van der Waals surface area contributed by atoms with Gasteiger partial charge in [-0.2, -0.15) is 0 Å². The standard InChI is InChI=1S/C21H15F3N4O2/c22-21(23,24)30-14-9-7-13(8-10-14)27-20(29)28-18-6-3-11-25-19(18)16-12-26-17-5-2-1-4-15(16)17/h1-12,26H,(H2,27,28,29). The first kappa shape index (κ1) is 19.3. The van der Waals surface area contributed by atoms with Gasteiger partial charge >= 0.3 is 12.4 Å². The van der Waals surface area contributed by atoms with Crippen molar-refractivity contribution in [3.05, 3.63) is 73.1 Å². The number of nitrogens with zero attached hydrogens (tertiary/aromatic N) is 1. The number of fused-ring (bicyclic) bond motifs is 1. The Morgan fingerprint density at radius 3 is 2.50 bits per heavy atom. The summed E-state index contributed by atoms with van der Waals surface area (Å²) in [5.74, 6) is -0.373. The van der Waals surface area contributed by atoms with Gasteiger partial charge in [-0.1, -0.05) is 18.2 Å². The lowest BCUT2D eigenvalue weighted by Crippen LogP contribution is -2.20. The Morgan fingerprint density at radius 1 is 0.967 bits per heavy atom. The summed E-state index contributed by atoms with van der Waals surface area (Å²) in [6.07, 6.45) is -1.33. The number of amides is 2. The summed E-state index contributed by atoms with van der Waals surface area (Å²) >= 11 is 0. The predicted octanol–water partition coefficient (Wildman–Crippen LogP) is 5.77. The number of carbonyl (C=O) groups excluding carboxylic acids is 1. The number of hydrogen-bond donors (Lipinski definition) is 3. The number of carbonyl (C=O) groups is 1. The van der Waals surface area contributed by atoms with Crippen LogP contribution < -0.4 is 15.4 Å². The van der Waals surface area contributed by atoms with E-state index in [9.17, 15) is 18.0 Å². The summed E-state index contributed by atoms with van der Waals surface area (Å²) in [7, 11) is 0. The van der Waals surface area contributed by atoms with E-state index in [4.69, 9.17) is 0 Å². The van der Waals surface area contributed by atoms with Crippen molar-refractivity contribution in [2.45, 2.75) is 6.36 Å². The van der Waals surface area contributed by atoms with Crippen LogP contribution in [0.5, 0.6) is 5.75 Å². The van der Waals surface area contributed by atoms with E-state index in [2.05, 4.69) is 25.3 Å². The van der Waals surface area contributed by atoms with Gasteiger partial charge in [0.05, 0.1) is 11.4 Å². The maximum atomic E-state index is 12.4. The molecule has 0 aliphatic carbocycles. The highest BCUT2D eigenvalue weighted by atomic mass is 19.4. The van der Waals surface area contributed by atoms with Crippen LogP contribution in [0, 0.1) is 0 Å². The molecule has 0 saturated heterocycles. The third-order valence-corrected chi connectivity index (χ3v) is 4.25. The second-order valence-electron chi connectivity index (χ2n) is 6.30. The minimum absolute atomic E-state index is 0.305. The van der Waals surface area contributed by atoms with Crippen molar-refractivity contribution < 1.29 is 22.7 Å².